The van der Waals surface area contributed by atoms with Crippen LogP contribution in [0.1, 0.15) is 22.3 Å². The highest BCUT2D eigenvalue weighted by Crippen LogP contribution is 2.36. The summed E-state index contributed by atoms with van der Waals surface area (Å²) in [7, 11) is -1.27. The minimum absolute atomic E-state index is 0.0495. The molecule has 0 aliphatic rings. The fourth-order valence-electron chi connectivity index (χ4n) is 4.29. The van der Waals surface area contributed by atoms with Gasteiger partial charge in [0.25, 0.3) is 0 Å². The Morgan fingerprint density at radius 3 is 2.14 bits per heavy atom. The van der Waals surface area contributed by atoms with Gasteiger partial charge in [-0.05, 0) is 53.4 Å². The number of aliphatic hydroxyl groups excluding tert-OH is 1. The molecule has 4 rings (SSSR count). The van der Waals surface area contributed by atoms with Crippen molar-refractivity contribution in [1.29, 1.82) is 0 Å². The average Bonchev–Trinajstić information content (AvgIpc) is 3.01. The molecule has 0 saturated carbocycles. The molecule has 4 aromatic rings. The van der Waals surface area contributed by atoms with E-state index in [0.717, 1.165) is 11.1 Å². The number of amides is 1. The molecule has 0 aliphatic heterocycles. The van der Waals surface area contributed by atoms with Gasteiger partial charge in [-0.2, -0.15) is 8.42 Å². The Morgan fingerprint density at radius 2 is 1.48 bits per heavy atom. The molecule has 2 N–H and O–H groups in total. The van der Waals surface area contributed by atoms with Crippen LogP contribution >= 0.6 is 0 Å². The molecule has 0 unspecified atom stereocenters. The minimum Gasteiger partial charge on any atom is -0.493 e. The van der Waals surface area contributed by atoms with E-state index in [2.05, 4.69) is 5.32 Å². The van der Waals surface area contributed by atoms with Gasteiger partial charge < -0.3 is 28.8 Å². The first-order valence-corrected chi connectivity index (χ1v) is 14.6. The third kappa shape index (κ3) is 7.80. The second-order valence-electron chi connectivity index (χ2n) is 9.28. The van der Waals surface area contributed by atoms with E-state index >= 15 is 0 Å². The second kappa shape index (κ2) is 14.4. The molecule has 0 radical (unpaired) electrons. The number of aliphatic hydroxyl groups is 1. The molecule has 42 heavy (non-hydrogen) atoms. The quantitative estimate of drug-likeness (QED) is 0.207. The van der Waals surface area contributed by atoms with Gasteiger partial charge in [-0.3, -0.25) is 4.79 Å². The lowest BCUT2D eigenvalue weighted by molar-refractivity contribution is -0.120. The summed E-state index contributed by atoms with van der Waals surface area (Å²) < 4.78 is 47.8. The van der Waals surface area contributed by atoms with E-state index in [-0.39, 0.29) is 34.3 Å². The van der Waals surface area contributed by atoms with Crippen LogP contribution in [0.3, 0.4) is 0 Å². The average molecular weight is 592 g/mol. The fourth-order valence-corrected chi connectivity index (χ4v) is 5.28. The highest BCUT2D eigenvalue weighted by molar-refractivity contribution is 7.87. The van der Waals surface area contributed by atoms with Gasteiger partial charge in [-0.1, -0.05) is 60.7 Å². The molecule has 0 saturated heterocycles. The number of hydrogen-bond donors (Lipinski definition) is 2. The van der Waals surface area contributed by atoms with Gasteiger partial charge in [-0.15, -0.1) is 0 Å². The van der Waals surface area contributed by atoms with Gasteiger partial charge in [0.15, 0.2) is 23.0 Å². The van der Waals surface area contributed by atoms with Gasteiger partial charge in [0.2, 0.25) is 5.91 Å². The predicted molar refractivity (Wildman–Crippen MR) is 157 cm³/mol. The number of ether oxygens (including phenoxy) is 3. The number of hydrogen-bond acceptors (Lipinski definition) is 8. The molecule has 0 aliphatic carbocycles. The monoisotopic (exact) mass is 591 g/mol. The fraction of sp³-hybridized carbons (Fsp3) is 0.219. The van der Waals surface area contributed by atoms with E-state index in [1.165, 1.54) is 25.3 Å². The van der Waals surface area contributed by atoms with Crippen molar-refractivity contribution >= 4 is 16.0 Å². The number of benzene rings is 4. The molecule has 0 spiro atoms. The highest BCUT2D eigenvalue weighted by Gasteiger charge is 2.24. The normalized spacial score (nSPS) is 11.0. The van der Waals surface area contributed by atoms with E-state index in [1.54, 1.807) is 31.4 Å². The molecule has 0 heterocycles. The summed E-state index contributed by atoms with van der Waals surface area (Å²) in [6, 6.07) is 26.2. The summed E-state index contributed by atoms with van der Waals surface area (Å²) in [5.74, 6) is 0.876. The zero-order valence-electron chi connectivity index (χ0n) is 23.4. The first kappa shape index (κ1) is 30.4. The predicted octanol–water partition coefficient (Wildman–Crippen LogP) is 4.44. The molecule has 9 nitrogen and oxygen atoms in total. The summed E-state index contributed by atoms with van der Waals surface area (Å²) >= 11 is 0. The Hall–Kier alpha value is -4.54. The summed E-state index contributed by atoms with van der Waals surface area (Å²) in [6.45, 7) is 0.208. The molecule has 10 heteroatoms. The summed E-state index contributed by atoms with van der Waals surface area (Å²) in [6.07, 6.45) is 0.442. The van der Waals surface area contributed by atoms with Crippen LogP contribution in [0, 0.1) is 0 Å². The van der Waals surface area contributed by atoms with Crippen LogP contribution in [0.2, 0.25) is 0 Å². The van der Waals surface area contributed by atoms with E-state index in [0.29, 0.717) is 36.6 Å². The minimum atomic E-state index is -4.21. The van der Waals surface area contributed by atoms with Gasteiger partial charge in [0, 0.05) is 12.1 Å². The zero-order valence-corrected chi connectivity index (χ0v) is 24.2. The topological polar surface area (TPSA) is 120 Å². The largest absolute Gasteiger partial charge is 0.493 e. The lowest BCUT2D eigenvalue weighted by Gasteiger charge is -2.17. The number of methoxy groups -OCH3 is 2. The van der Waals surface area contributed by atoms with Crippen LogP contribution in [0.5, 0.6) is 23.0 Å². The third-order valence-electron chi connectivity index (χ3n) is 6.48. The van der Waals surface area contributed by atoms with Gasteiger partial charge in [0.05, 0.1) is 27.2 Å². The SMILES string of the molecule is COc1cc(CCNC(=O)Cc2ccc(OC)c(OS(=O)(=O)c3ccccc3)c2CO)ccc1OCc1ccccc1. The Bertz CT molecular complexity index is 1590. The number of nitrogens with one attached hydrogen (secondary N) is 1. The maximum Gasteiger partial charge on any atom is 0.339 e. The van der Waals surface area contributed by atoms with Crippen LogP contribution in [-0.2, 0) is 41.0 Å². The molecule has 0 aromatic heterocycles. The summed E-state index contributed by atoms with van der Waals surface area (Å²) in [4.78, 5) is 12.8. The third-order valence-corrected chi connectivity index (χ3v) is 7.71. The molecule has 4 aromatic carbocycles. The standard InChI is InChI=1S/C32H33NO8S/c1-38-29-16-14-25(27(21-34)32(29)41-42(36,37)26-11-7-4-8-12-26)20-31(35)33-18-17-23-13-15-28(30(19-23)39-2)40-22-24-9-5-3-6-10-24/h3-16,19,34H,17-18,20-22H2,1-2H3,(H,33,35). The maximum absolute atomic E-state index is 12.9. The summed E-state index contributed by atoms with van der Waals surface area (Å²) in [5, 5.41) is 13.0. The zero-order chi connectivity index (χ0) is 30.0. The number of carbonyl (C=O) groups is 1. The highest BCUT2D eigenvalue weighted by atomic mass is 32.2. The van der Waals surface area contributed by atoms with Crippen molar-refractivity contribution < 1.29 is 36.7 Å². The van der Waals surface area contributed by atoms with E-state index in [4.69, 9.17) is 18.4 Å². The lowest BCUT2D eigenvalue weighted by atomic mass is 10.0. The van der Waals surface area contributed by atoms with Crippen LogP contribution in [0.4, 0.5) is 0 Å². The smallest absolute Gasteiger partial charge is 0.339 e. The van der Waals surface area contributed by atoms with Crippen molar-refractivity contribution in [2.45, 2.75) is 31.0 Å². The van der Waals surface area contributed by atoms with Crippen molar-refractivity contribution in [2.75, 3.05) is 20.8 Å². The molecular weight excluding hydrogens is 558 g/mol. The molecular formula is C32H33NO8S. The van der Waals surface area contributed by atoms with Crippen molar-refractivity contribution in [2.24, 2.45) is 0 Å². The molecule has 0 atom stereocenters. The van der Waals surface area contributed by atoms with Crippen LogP contribution < -0.4 is 23.7 Å². The molecule has 1 amide bonds. The van der Waals surface area contributed by atoms with E-state index in [9.17, 15) is 18.3 Å². The maximum atomic E-state index is 12.9. The van der Waals surface area contributed by atoms with E-state index in [1.807, 2.05) is 48.5 Å². The van der Waals surface area contributed by atoms with Crippen molar-refractivity contribution in [1.82, 2.24) is 5.32 Å². The van der Waals surface area contributed by atoms with Crippen molar-refractivity contribution in [3.05, 3.63) is 113 Å². The van der Waals surface area contributed by atoms with Gasteiger partial charge in [-0.25, -0.2) is 0 Å². The Balaban J connectivity index is 1.39. The first-order chi connectivity index (χ1) is 20.3. The first-order valence-electron chi connectivity index (χ1n) is 13.2. The van der Waals surface area contributed by atoms with Crippen molar-refractivity contribution in [3.8, 4) is 23.0 Å². The molecule has 0 fully saturated rings. The van der Waals surface area contributed by atoms with Crippen LogP contribution in [0.25, 0.3) is 0 Å². The van der Waals surface area contributed by atoms with Gasteiger partial charge >= 0.3 is 10.1 Å². The van der Waals surface area contributed by atoms with Crippen LogP contribution in [0.15, 0.2) is 95.9 Å². The Labute approximate surface area is 245 Å². The summed E-state index contributed by atoms with van der Waals surface area (Å²) in [5.41, 5.74) is 2.56. The molecule has 0 bridgehead atoms. The van der Waals surface area contributed by atoms with Crippen molar-refractivity contribution in [3.63, 3.8) is 0 Å². The van der Waals surface area contributed by atoms with Crippen LogP contribution in [-0.4, -0.2) is 40.2 Å². The second-order valence-corrected chi connectivity index (χ2v) is 10.8. The van der Waals surface area contributed by atoms with Gasteiger partial charge in [0.1, 0.15) is 11.5 Å². The lowest BCUT2D eigenvalue weighted by Crippen LogP contribution is -2.27. The van der Waals surface area contributed by atoms with E-state index < -0.39 is 16.7 Å². The number of rotatable bonds is 14. The molecule has 220 valence electrons. The Morgan fingerprint density at radius 1 is 0.810 bits per heavy atom. The number of carbonyl (C=O) groups excluding carboxylic acids is 1. The Kier molecular flexibility index (Phi) is 10.4.